The van der Waals surface area contributed by atoms with Crippen molar-refractivity contribution >= 4 is 11.7 Å². The van der Waals surface area contributed by atoms with Crippen LogP contribution in [0.5, 0.6) is 0 Å². The Hall–Kier alpha value is -2.30. The van der Waals surface area contributed by atoms with E-state index in [4.69, 9.17) is 10.5 Å². The summed E-state index contributed by atoms with van der Waals surface area (Å²) in [5.41, 5.74) is 7.89. The number of nitrogens with zero attached hydrogens (tertiary/aromatic N) is 2. The van der Waals surface area contributed by atoms with Crippen LogP contribution in [0.25, 0.3) is 0 Å². The quantitative estimate of drug-likeness (QED) is 0.675. The van der Waals surface area contributed by atoms with Gasteiger partial charge in [0.05, 0.1) is 25.2 Å². The summed E-state index contributed by atoms with van der Waals surface area (Å²) in [5.74, 6) is -0.359. The van der Waals surface area contributed by atoms with Gasteiger partial charge >= 0.3 is 5.97 Å². The number of nitrogens with two attached hydrogens (primary N) is 1. The van der Waals surface area contributed by atoms with Gasteiger partial charge in [-0.25, -0.2) is 9.78 Å². The van der Waals surface area contributed by atoms with E-state index >= 15 is 0 Å². The Morgan fingerprint density at radius 1 is 1.42 bits per heavy atom. The minimum Gasteiger partial charge on any atom is -0.461 e. The maximum atomic E-state index is 11.8. The number of aromatic nitrogens is 2. The van der Waals surface area contributed by atoms with E-state index in [0.717, 1.165) is 5.56 Å². The van der Waals surface area contributed by atoms with Gasteiger partial charge in [0.1, 0.15) is 5.69 Å². The molecule has 2 rings (SSSR count). The van der Waals surface area contributed by atoms with E-state index in [1.165, 1.54) is 6.20 Å². The number of hydrogen-bond donors (Lipinski definition) is 1. The van der Waals surface area contributed by atoms with Crippen LogP contribution in [0, 0.1) is 0 Å². The summed E-state index contributed by atoms with van der Waals surface area (Å²) in [6.07, 6.45) is 3.15. The third-order valence-electron chi connectivity index (χ3n) is 2.99. The Balaban J connectivity index is 2.29. The summed E-state index contributed by atoms with van der Waals surface area (Å²) in [4.78, 5) is 15.8. The van der Waals surface area contributed by atoms with Crippen molar-refractivity contribution in [3.63, 3.8) is 0 Å². The molecule has 0 fully saturated rings. The number of imidazole rings is 1. The van der Waals surface area contributed by atoms with Crippen LogP contribution in [0.15, 0.2) is 36.8 Å². The molecule has 1 heterocycles. The van der Waals surface area contributed by atoms with Gasteiger partial charge in [-0.2, -0.15) is 0 Å². The molecule has 1 aromatic carbocycles. The third-order valence-corrected chi connectivity index (χ3v) is 2.99. The normalized spacial score (nSPS) is 12.1. The molecule has 1 aromatic heterocycles. The van der Waals surface area contributed by atoms with Crippen molar-refractivity contribution in [3.05, 3.63) is 48.0 Å². The molecule has 5 nitrogen and oxygen atoms in total. The second-order valence-electron chi connectivity index (χ2n) is 4.25. The van der Waals surface area contributed by atoms with E-state index in [1.807, 2.05) is 31.2 Å². The largest absolute Gasteiger partial charge is 0.461 e. The standard InChI is InChI=1S/C14H17N3O2/c1-3-19-14(18)13-8-16-9-17(13)10(2)11-4-6-12(15)7-5-11/h4-10H,3,15H2,1-2H3. The Morgan fingerprint density at radius 3 is 2.74 bits per heavy atom. The molecular weight excluding hydrogens is 242 g/mol. The summed E-state index contributed by atoms with van der Waals surface area (Å²) in [7, 11) is 0. The minimum atomic E-state index is -0.359. The highest BCUT2D eigenvalue weighted by Gasteiger charge is 2.17. The van der Waals surface area contributed by atoms with Crippen molar-refractivity contribution < 1.29 is 9.53 Å². The Kier molecular flexibility index (Phi) is 3.85. The van der Waals surface area contributed by atoms with Crippen LogP contribution in [0.2, 0.25) is 0 Å². The second-order valence-corrected chi connectivity index (χ2v) is 4.25. The smallest absolute Gasteiger partial charge is 0.356 e. The SMILES string of the molecule is CCOC(=O)c1cncn1C(C)c1ccc(N)cc1. The fraction of sp³-hybridized carbons (Fsp3) is 0.286. The number of benzene rings is 1. The first kappa shape index (κ1) is 13.1. The fourth-order valence-electron chi connectivity index (χ4n) is 1.91. The van der Waals surface area contributed by atoms with Gasteiger partial charge in [0.25, 0.3) is 0 Å². The van der Waals surface area contributed by atoms with Crippen molar-refractivity contribution in [1.82, 2.24) is 9.55 Å². The molecule has 0 aliphatic heterocycles. The first-order chi connectivity index (χ1) is 9.13. The van der Waals surface area contributed by atoms with Gasteiger partial charge in [-0.1, -0.05) is 12.1 Å². The first-order valence-electron chi connectivity index (χ1n) is 6.18. The Morgan fingerprint density at radius 2 is 2.11 bits per heavy atom. The number of ether oxygens (including phenoxy) is 1. The van der Waals surface area contributed by atoms with Crippen LogP contribution in [0.4, 0.5) is 5.69 Å². The summed E-state index contributed by atoms with van der Waals surface area (Å²) in [6.45, 7) is 4.12. The van der Waals surface area contributed by atoms with Gasteiger partial charge in [0, 0.05) is 5.69 Å². The van der Waals surface area contributed by atoms with E-state index < -0.39 is 0 Å². The van der Waals surface area contributed by atoms with Crippen LogP contribution >= 0.6 is 0 Å². The van der Waals surface area contributed by atoms with Crippen molar-refractivity contribution in [1.29, 1.82) is 0 Å². The van der Waals surface area contributed by atoms with Crippen LogP contribution in [0.3, 0.4) is 0 Å². The molecule has 0 aliphatic rings. The highest BCUT2D eigenvalue weighted by Crippen LogP contribution is 2.21. The molecule has 0 aliphatic carbocycles. The van der Waals surface area contributed by atoms with Gasteiger partial charge in [-0.15, -0.1) is 0 Å². The molecule has 100 valence electrons. The molecule has 0 bridgehead atoms. The predicted molar refractivity (Wildman–Crippen MR) is 72.9 cm³/mol. The number of esters is 1. The molecule has 0 amide bonds. The highest BCUT2D eigenvalue weighted by atomic mass is 16.5. The zero-order valence-corrected chi connectivity index (χ0v) is 11.0. The molecule has 2 N–H and O–H groups in total. The van der Waals surface area contributed by atoms with E-state index in [1.54, 1.807) is 17.8 Å². The average Bonchev–Trinajstić information content (AvgIpc) is 2.88. The molecule has 0 saturated heterocycles. The van der Waals surface area contributed by atoms with E-state index in [2.05, 4.69) is 4.98 Å². The number of carbonyl (C=O) groups is 1. The maximum Gasteiger partial charge on any atom is 0.356 e. The lowest BCUT2D eigenvalue weighted by Gasteiger charge is -2.16. The topological polar surface area (TPSA) is 70.1 Å². The van der Waals surface area contributed by atoms with Crippen LogP contribution in [-0.2, 0) is 4.74 Å². The number of rotatable bonds is 4. The van der Waals surface area contributed by atoms with E-state index in [0.29, 0.717) is 18.0 Å². The molecule has 1 atom stereocenters. The van der Waals surface area contributed by atoms with Crippen LogP contribution < -0.4 is 5.73 Å². The average molecular weight is 259 g/mol. The maximum absolute atomic E-state index is 11.8. The van der Waals surface area contributed by atoms with Crippen molar-refractivity contribution in [2.45, 2.75) is 19.9 Å². The number of anilines is 1. The van der Waals surface area contributed by atoms with E-state index in [-0.39, 0.29) is 12.0 Å². The fourth-order valence-corrected chi connectivity index (χ4v) is 1.91. The Labute approximate surface area is 112 Å². The molecule has 0 spiro atoms. The highest BCUT2D eigenvalue weighted by molar-refractivity contribution is 5.87. The van der Waals surface area contributed by atoms with Crippen molar-refractivity contribution in [2.75, 3.05) is 12.3 Å². The zero-order valence-electron chi connectivity index (χ0n) is 11.0. The summed E-state index contributed by atoms with van der Waals surface area (Å²) < 4.78 is 6.81. The molecule has 0 radical (unpaired) electrons. The summed E-state index contributed by atoms with van der Waals surface area (Å²) in [6, 6.07) is 7.55. The first-order valence-corrected chi connectivity index (χ1v) is 6.18. The lowest BCUT2D eigenvalue weighted by molar-refractivity contribution is 0.0512. The predicted octanol–water partition coefficient (Wildman–Crippen LogP) is 2.25. The van der Waals surface area contributed by atoms with Crippen molar-refractivity contribution in [2.24, 2.45) is 0 Å². The monoisotopic (exact) mass is 259 g/mol. The number of nitrogen functional groups attached to an aromatic ring is 1. The molecular formula is C14H17N3O2. The zero-order chi connectivity index (χ0) is 13.8. The van der Waals surface area contributed by atoms with Gasteiger partial charge in [-0.05, 0) is 31.5 Å². The van der Waals surface area contributed by atoms with Gasteiger partial charge in [0.2, 0.25) is 0 Å². The molecule has 5 heteroatoms. The van der Waals surface area contributed by atoms with Crippen LogP contribution in [-0.4, -0.2) is 22.1 Å². The van der Waals surface area contributed by atoms with Gasteiger partial charge in [-0.3, -0.25) is 0 Å². The molecule has 2 aromatic rings. The Bertz CT molecular complexity index is 560. The number of hydrogen-bond acceptors (Lipinski definition) is 4. The number of carbonyl (C=O) groups excluding carboxylic acids is 1. The molecule has 0 saturated carbocycles. The third kappa shape index (κ3) is 2.76. The summed E-state index contributed by atoms with van der Waals surface area (Å²) in [5, 5.41) is 0. The van der Waals surface area contributed by atoms with Crippen molar-refractivity contribution in [3.8, 4) is 0 Å². The molecule has 1 unspecified atom stereocenters. The van der Waals surface area contributed by atoms with E-state index in [9.17, 15) is 4.79 Å². The lowest BCUT2D eigenvalue weighted by Crippen LogP contribution is -2.15. The molecule has 19 heavy (non-hydrogen) atoms. The lowest BCUT2D eigenvalue weighted by atomic mass is 10.1. The van der Waals surface area contributed by atoms with Gasteiger partial charge in [0.15, 0.2) is 0 Å². The minimum absolute atomic E-state index is 0.0116. The second kappa shape index (κ2) is 5.56. The van der Waals surface area contributed by atoms with Crippen LogP contribution in [0.1, 0.15) is 35.9 Å². The summed E-state index contributed by atoms with van der Waals surface area (Å²) >= 11 is 0. The van der Waals surface area contributed by atoms with Gasteiger partial charge < -0.3 is 15.0 Å².